The molecule has 1 fully saturated rings. The van der Waals surface area contributed by atoms with Gasteiger partial charge in [-0.15, -0.1) is 0 Å². The number of phenols is 1. The maximum absolute atomic E-state index is 12.3. The summed E-state index contributed by atoms with van der Waals surface area (Å²) in [5.41, 5.74) is 0.789. The molecule has 0 radical (unpaired) electrons. The van der Waals surface area contributed by atoms with Crippen LogP contribution in [0.2, 0.25) is 0 Å². The van der Waals surface area contributed by atoms with E-state index in [1.165, 1.54) is 11.8 Å². The van der Waals surface area contributed by atoms with E-state index in [4.69, 9.17) is 9.47 Å². The fraction of sp³-hybridized carbons (Fsp3) is 0.444. The average molecular weight is 362 g/mol. The molecule has 1 amide bonds. The van der Waals surface area contributed by atoms with Gasteiger partial charge in [-0.1, -0.05) is 6.07 Å². The molecule has 134 valence electrons. The van der Waals surface area contributed by atoms with Gasteiger partial charge in [-0.05, 0) is 56.3 Å². The van der Waals surface area contributed by atoms with Gasteiger partial charge in [0.1, 0.15) is 0 Å². The molecule has 25 heavy (non-hydrogen) atoms. The summed E-state index contributed by atoms with van der Waals surface area (Å²) < 4.78 is 11.1. The van der Waals surface area contributed by atoms with Crippen LogP contribution in [-0.2, 0) is 9.53 Å². The van der Waals surface area contributed by atoms with Crippen molar-refractivity contribution in [2.45, 2.75) is 33.0 Å². The predicted molar refractivity (Wildman–Crippen MR) is 98.9 cm³/mol. The van der Waals surface area contributed by atoms with E-state index in [9.17, 15) is 9.90 Å². The monoisotopic (exact) mass is 362 g/mol. The van der Waals surface area contributed by atoms with E-state index in [1.54, 1.807) is 24.3 Å². The van der Waals surface area contributed by atoms with Gasteiger partial charge in [0.15, 0.2) is 16.7 Å². The number of amides is 1. The second-order valence-electron chi connectivity index (χ2n) is 6.13. The lowest BCUT2D eigenvalue weighted by atomic mass is 10.2. The third-order valence-corrected chi connectivity index (χ3v) is 4.93. The van der Waals surface area contributed by atoms with Gasteiger partial charge in [0, 0.05) is 13.1 Å². The minimum absolute atomic E-state index is 0.0858. The number of rotatable bonds is 3. The summed E-state index contributed by atoms with van der Waals surface area (Å²) in [6.45, 7) is 7.81. The molecule has 0 saturated carbocycles. The molecule has 2 unspecified atom stereocenters. The number of nitrogens with zero attached hydrogens (tertiary/aromatic N) is 2. The molecule has 0 spiro atoms. The van der Waals surface area contributed by atoms with Crippen LogP contribution in [0.3, 0.4) is 0 Å². The highest BCUT2D eigenvalue weighted by molar-refractivity contribution is 8.18. The molecule has 1 aromatic carbocycles. The predicted octanol–water partition coefficient (Wildman–Crippen LogP) is 2.87. The number of carbonyl (C=O) groups is 1. The van der Waals surface area contributed by atoms with E-state index < -0.39 is 0 Å². The maximum Gasteiger partial charge on any atom is 0.286 e. The number of morpholine rings is 1. The molecule has 0 aromatic heterocycles. The van der Waals surface area contributed by atoms with Crippen molar-refractivity contribution in [1.82, 2.24) is 4.90 Å². The fourth-order valence-corrected chi connectivity index (χ4v) is 3.84. The van der Waals surface area contributed by atoms with Gasteiger partial charge >= 0.3 is 0 Å². The van der Waals surface area contributed by atoms with Crippen molar-refractivity contribution in [2.75, 3.05) is 19.7 Å². The molecule has 3 rings (SSSR count). The number of amidine groups is 1. The Labute approximate surface area is 151 Å². The Morgan fingerprint density at radius 2 is 2.12 bits per heavy atom. The minimum Gasteiger partial charge on any atom is -0.504 e. The summed E-state index contributed by atoms with van der Waals surface area (Å²) in [6.07, 6.45) is 2.00. The van der Waals surface area contributed by atoms with Crippen LogP contribution < -0.4 is 4.74 Å². The van der Waals surface area contributed by atoms with E-state index in [-0.39, 0.29) is 23.9 Å². The van der Waals surface area contributed by atoms with Crippen molar-refractivity contribution in [3.8, 4) is 11.5 Å². The van der Waals surface area contributed by atoms with Crippen molar-refractivity contribution in [1.29, 1.82) is 0 Å². The first-order chi connectivity index (χ1) is 12.0. The summed E-state index contributed by atoms with van der Waals surface area (Å²) in [7, 11) is 0. The number of aliphatic imine (C=N–C) groups is 1. The van der Waals surface area contributed by atoms with Crippen LogP contribution in [-0.4, -0.2) is 53.0 Å². The Hall–Kier alpha value is -1.99. The zero-order valence-electron chi connectivity index (χ0n) is 14.6. The quantitative estimate of drug-likeness (QED) is 0.834. The van der Waals surface area contributed by atoms with Crippen molar-refractivity contribution in [3.05, 3.63) is 28.7 Å². The number of hydrogen-bond donors (Lipinski definition) is 1. The first-order valence-corrected chi connectivity index (χ1v) is 9.16. The molecule has 0 bridgehead atoms. The Balaban J connectivity index is 1.76. The van der Waals surface area contributed by atoms with E-state index >= 15 is 0 Å². The third kappa shape index (κ3) is 4.16. The SMILES string of the molecule is CCOc1cc(/C=C2/SC(N3CC(C)OC(C)C3)=NC2=O)ccc1O. The highest BCUT2D eigenvalue weighted by atomic mass is 32.2. The molecular weight excluding hydrogens is 340 g/mol. The summed E-state index contributed by atoms with van der Waals surface area (Å²) in [5, 5.41) is 10.5. The van der Waals surface area contributed by atoms with E-state index in [0.717, 1.165) is 23.8 Å². The molecular formula is C18H22N2O4S. The average Bonchev–Trinajstić information content (AvgIpc) is 2.91. The number of carbonyl (C=O) groups excluding carboxylic acids is 1. The summed E-state index contributed by atoms with van der Waals surface area (Å²) in [5.74, 6) is 0.254. The van der Waals surface area contributed by atoms with Crippen molar-refractivity contribution in [3.63, 3.8) is 0 Å². The Morgan fingerprint density at radius 1 is 1.40 bits per heavy atom. The number of phenolic OH excluding ortho intramolecular Hbond substituents is 1. The van der Waals surface area contributed by atoms with Crippen LogP contribution in [0.25, 0.3) is 6.08 Å². The molecule has 1 N–H and O–H groups in total. The molecule has 2 heterocycles. The normalized spacial score (nSPS) is 25.4. The van der Waals surface area contributed by atoms with Crippen LogP contribution in [0.15, 0.2) is 28.1 Å². The van der Waals surface area contributed by atoms with E-state index in [0.29, 0.717) is 17.3 Å². The van der Waals surface area contributed by atoms with Gasteiger partial charge in [0.25, 0.3) is 5.91 Å². The number of benzene rings is 1. The lowest BCUT2D eigenvalue weighted by Crippen LogP contribution is -2.47. The summed E-state index contributed by atoms with van der Waals surface area (Å²) >= 11 is 1.38. The molecule has 2 aliphatic rings. The second kappa shape index (κ2) is 7.49. The first-order valence-electron chi connectivity index (χ1n) is 8.35. The lowest BCUT2D eigenvalue weighted by molar-refractivity contribution is -0.113. The standard InChI is InChI=1S/C18H22N2O4S/c1-4-23-15-7-13(5-6-14(15)21)8-16-17(22)19-18(25-16)20-9-11(2)24-12(3)10-20/h5-8,11-12,21H,4,9-10H2,1-3H3/b16-8+. The zero-order chi connectivity index (χ0) is 18.0. The molecule has 1 aromatic rings. The summed E-state index contributed by atoms with van der Waals surface area (Å²) in [6, 6.07) is 5.03. The van der Waals surface area contributed by atoms with Gasteiger partial charge in [-0.2, -0.15) is 4.99 Å². The third-order valence-electron chi connectivity index (χ3n) is 3.88. The van der Waals surface area contributed by atoms with Crippen LogP contribution in [0.4, 0.5) is 0 Å². The van der Waals surface area contributed by atoms with Crippen molar-refractivity contribution >= 4 is 28.9 Å². The Bertz CT molecular complexity index is 722. The lowest BCUT2D eigenvalue weighted by Gasteiger charge is -2.35. The van der Waals surface area contributed by atoms with E-state index in [1.807, 2.05) is 20.8 Å². The van der Waals surface area contributed by atoms with Gasteiger partial charge in [-0.3, -0.25) is 4.79 Å². The first kappa shape index (κ1) is 17.8. The van der Waals surface area contributed by atoms with Crippen LogP contribution in [0.5, 0.6) is 11.5 Å². The number of ether oxygens (including phenoxy) is 2. The highest BCUT2D eigenvalue weighted by Crippen LogP contribution is 2.33. The highest BCUT2D eigenvalue weighted by Gasteiger charge is 2.31. The Morgan fingerprint density at radius 3 is 2.80 bits per heavy atom. The largest absolute Gasteiger partial charge is 0.504 e. The fourth-order valence-electron chi connectivity index (χ4n) is 2.91. The molecule has 1 saturated heterocycles. The van der Waals surface area contributed by atoms with Crippen LogP contribution in [0.1, 0.15) is 26.3 Å². The topological polar surface area (TPSA) is 71.4 Å². The number of hydrogen-bond acceptors (Lipinski definition) is 6. The van der Waals surface area contributed by atoms with Gasteiger partial charge in [0.2, 0.25) is 0 Å². The number of aromatic hydroxyl groups is 1. The van der Waals surface area contributed by atoms with Gasteiger partial charge in [-0.25, -0.2) is 0 Å². The van der Waals surface area contributed by atoms with E-state index in [2.05, 4.69) is 9.89 Å². The second-order valence-corrected chi connectivity index (χ2v) is 7.14. The van der Waals surface area contributed by atoms with Crippen LogP contribution >= 0.6 is 11.8 Å². The van der Waals surface area contributed by atoms with Gasteiger partial charge < -0.3 is 19.5 Å². The van der Waals surface area contributed by atoms with Crippen molar-refractivity contribution < 1.29 is 19.4 Å². The Kier molecular flexibility index (Phi) is 5.34. The zero-order valence-corrected chi connectivity index (χ0v) is 15.4. The maximum atomic E-state index is 12.3. The molecule has 2 atom stereocenters. The van der Waals surface area contributed by atoms with Gasteiger partial charge in [0.05, 0.1) is 23.7 Å². The molecule has 0 aliphatic carbocycles. The van der Waals surface area contributed by atoms with Crippen molar-refractivity contribution in [2.24, 2.45) is 4.99 Å². The van der Waals surface area contributed by atoms with Crippen LogP contribution in [0, 0.1) is 0 Å². The molecule has 7 heteroatoms. The molecule has 2 aliphatic heterocycles. The molecule has 6 nitrogen and oxygen atoms in total. The number of thioether (sulfide) groups is 1. The minimum atomic E-state index is -0.238. The summed E-state index contributed by atoms with van der Waals surface area (Å²) in [4.78, 5) is 19.1. The smallest absolute Gasteiger partial charge is 0.286 e.